The summed E-state index contributed by atoms with van der Waals surface area (Å²) >= 11 is 0. The highest BCUT2D eigenvalue weighted by Gasteiger charge is 2.44. The molecule has 8 heteroatoms. The Balaban J connectivity index is 1.24. The van der Waals surface area contributed by atoms with E-state index >= 15 is 0 Å². The average Bonchev–Trinajstić information content (AvgIpc) is 2.79. The molecule has 1 saturated heterocycles. The van der Waals surface area contributed by atoms with Crippen molar-refractivity contribution in [1.82, 2.24) is 4.98 Å². The number of aliphatic hydroxyl groups is 4. The van der Waals surface area contributed by atoms with E-state index in [1.54, 1.807) is 6.20 Å². The van der Waals surface area contributed by atoms with Crippen LogP contribution in [0.25, 0.3) is 10.9 Å². The molecule has 31 heavy (non-hydrogen) atoms. The first-order chi connectivity index (χ1) is 15.1. The third kappa shape index (κ3) is 6.58. The Morgan fingerprint density at radius 2 is 1.58 bits per heavy atom. The molecule has 0 radical (unpaired) electrons. The molecule has 3 rings (SSSR count). The molecule has 0 aliphatic carbocycles. The van der Waals surface area contributed by atoms with Gasteiger partial charge in [0.25, 0.3) is 0 Å². The summed E-state index contributed by atoms with van der Waals surface area (Å²) in [5.74, 6) is 0.869. The number of aromatic nitrogens is 1. The van der Waals surface area contributed by atoms with Gasteiger partial charge >= 0.3 is 0 Å². The molecule has 0 saturated carbocycles. The van der Waals surface area contributed by atoms with Crippen molar-refractivity contribution in [2.75, 3.05) is 19.8 Å². The van der Waals surface area contributed by atoms with Gasteiger partial charge in [-0.2, -0.15) is 0 Å². The Morgan fingerprint density at radius 1 is 0.871 bits per heavy atom. The number of benzene rings is 1. The fourth-order valence-corrected chi connectivity index (χ4v) is 3.77. The molecule has 5 atom stereocenters. The Morgan fingerprint density at radius 3 is 2.35 bits per heavy atom. The molecule has 4 N–H and O–H groups in total. The third-order valence-electron chi connectivity index (χ3n) is 5.56. The van der Waals surface area contributed by atoms with E-state index in [1.165, 1.54) is 0 Å². The summed E-state index contributed by atoms with van der Waals surface area (Å²) < 4.78 is 16.4. The van der Waals surface area contributed by atoms with E-state index in [-0.39, 0.29) is 0 Å². The molecule has 2 heterocycles. The maximum absolute atomic E-state index is 10.1. The number of nitrogens with zero attached hydrogens (tertiary/aromatic N) is 1. The van der Waals surface area contributed by atoms with Gasteiger partial charge < -0.3 is 34.6 Å². The van der Waals surface area contributed by atoms with Crippen LogP contribution < -0.4 is 4.74 Å². The average molecular weight is 436 g/mol. The summed E-state index contributed by atoms with van der Waals surface area (Å²) in [5, 5.41) is 39.9. The number of rotatable bonds is 12. The zero-order valence-electron chi connectivity index (χ0n) is 17.7. The van der Waals surface area contributed by atoms with Crippen LogP contribution >= 0.6 is 0 Å². The highest BCUT2D eigenvalue weighted by molar-refractivity contribution is 5.84. The largest absolute Gasteiger partial charge is 0.493 e. The lowest BCUT2D eigenvalue weighted by molar-refractivity contribution is -0.294. The van der Waals surface area contributed by atoms with E-state index < -0.39 is 37.3 Å². The number of unbranched alkanes of at least 4 members (excludes halogenated alkanes) is 5. The van der Waals surface area contributed by atoms with Gasteiger partial charge in [0.15, 0.2) is 6.29 Å². The standard InChI is InChI=1S/C23H33NO7/c25-15-19-20(26)22(21(27)23(28)31-19)30-14-8-4-2-1-3-7-13-29-18-11-12-24-17-10-6-5-9-16(17)18/h5-6,9-12,19-23,25-28H,1-4,7-8,13-15H2/t19-,20-,21-,22+,23?/m1/s1. The molecule has 0 spiro atoms. The summed E-state index contributed by atoms with van der Waals surface area (Å²) in [4.78, 5) is 4.34. The van der Waals surface area contributed by atoms with Crippen LogP contribution in [0.3, 0.4) is 0 Å². The molecule has 1 aliphatic rings. The van der Waals surface area contributed by atoms with Crippen molar-refractivity contribution in [3.05, 3.63) is 36.5 Å². The first kappa shape index (κ1) is 23.8. The third-order valence-corrected chi connectivity index (χ3v) is 5.56. The van der Waals surface area contributed by atoms with Crippen LogP contribution in [0.2, 0.25) is 0 Å². The summed E-state index contributed by atoms with van der Waals surface area (Å²) in [7, 11) is 0. The number of para-hydroxylation sites is 1. The highest BCUT2D eigenvalue weighted by Crippen LogP contribution is 2.24. The zero-order chi connectivity index (χ0) is 22.1. The molecule has 0 bridgehead atoms. The Labute approximate surface area is 182 Å². The molecule has 8 nitrogen and oxygen atoms in total. The number of ether oxygens (including phenoxy) is 3. The number of pyridine rings is 1. The second-order valence-electron chi connectivity index (χ2n) is 7.86. The van der Waals surface area contributed by atoms with Crippen LogP contribution in [0.5, 0.6) is 5.75 Å². The lowest BCUT2D eigenvalue weighted by Gasteiger charge is -2.39. The van der Waals surface area contributed by atoms with E-state index in [0.717, 1.165) is 55.2 Å². The van der Waals surface area contributed by atoms with Gasteiger partial charge in [-0.25, -0.2) is 0 Å². The van der Waals surface area contributed by atoms with Crippen LogP contribution in [0.1, 0.15) is 38.5 Å². The second kappa shape index (κ2) is 12.3. The van der Waals surface area contributed by atoms with Gasteiger partial charge in [0.1, 0.15) is 30.2 Å². The summed E-state index contributed by atoms with van der Waals surface area (Å²) in [6, 6.07) is 9.84. The summed E-state index contributed by atoms with van der Waals surface area (Å²) in [5.41, 5.74) is 0.935. The molecular weight excluding hydrogens is 402 g/mol. The van der Waals surface area contributed by atoms with Crippen molar-refractivity contribution in [2.45, 2.75) is 69.2 Å². The summed E-state index contributed by atoms with van der Waals surface area (Å²) in [6.45, 7) is 0.582. The smallest absolute Gasteiger partial charge is 0.184 e. The minimum Gasteiger partial charge on any atom is -0.493 e. The minimum atomic E-state index is -1.47. The van der Waals surface area contributed by atoms with Crippen molar-refractivity contribution in [3.8, 4) is 5.75 Å². The van der Waals surface area contributed by atoms with Crippen molar-refractivity contribution in [3.63, 3.8) is 0 Å². The molecule has 2 aromatic rings. The van der Waals surface area contributed by atoms with Gasteiger partial charge in [0, 0.05) is 18.2 Å². The van der Waals surface area contributed by atoms with Crippen molar-refractivity contribution in [1.29, 1.82) is 0 Å². The number of fused-ring (bicyclic) bond motifs is 1. The first-order valence-corrected chi connectivity index (χ1v) is 11.0. The van der Waals surface area contributed by atoms with Crippen molar-refractivity contribution < 1.29 is 34.6 Å². The topological polar surface area (TPSA) is 122 Å². The monoisotopic (exact) mass is 435 g/mol. The van der Waals surface area contributed by atoms with Crippen LogP contribution in [-0.2, 0) is 9.47 Å². The maximum atomic E-state index is 10.1. The Kier molecular flexibility index (Phi) is 9.45. The molecule has 1 aromatic carbocycles. The predicted molar refractivity (Wildman–Crippen MR) is 115 cm³/mol. The second-order valence-corrected chi connectivity index (χ2v) is 7.86. The lowest BCUT2D eigenvalue weighted by atomic mass is 9.99. The normalized spacial score (nSPS) is 26.3. The Bertz CT molecular complexity index is 784. The van der Waals surface area contributed by atoms with Gasteiger partial charge in [-0.15, -0.1) is 0 Å². The molecule has 172 valence electrons. The SMILES string of the molecule is OC[C@H]1OC(O)[C@H](O)[C@@H](OCCCCCCCCOc2ccnc3ccccc23)[C@@H]1O. The maximum Gasteiger partial charge on any atom is 0.184 e. The molecular formula is C23H33NO7. The highest BCUT2D eigenvalue weighted by atomic mass is 16.6. The first-order valence-electron chi connectivity index (χ1n) is 11.0. The molecule has 1 unspecified atom stereocenters. The van der Waals surface area contributed by atoms with Gasteiger partial charge in [0.2, 0.25) is 0 Å². The van der Waals surface area contributed by atoms with E-state index in [9.17, 15) is 20.4 Å². The molecule has 0 amide bonds. The quantitative estimate of drug-likeness (QED) is 0.372. The van der Waals surface area contributed by atoms with Gasteiger partial charge in [-0.1, -0.05) is 37.8 Å². The van der Waals surface area contributed by atoms with E-state index in [1.807, 2.05) is 30.3 Å². The van der Waals surface area contributed by atoms with Crippen molar-refractivity contribution >= 4 is 10.9 Å². The number of hydrogen-bond donors (Lipinski definition) is 4. The fraction of sp³-hybridized carbons (Fsp3) is 0.609. The fourth-order valence-electron chi connectivity index (χ4n) is 3.77. The molecule has 1 fully saturated rings. The number of aliphatic hydroxyl groups excluding tert-OH is 4. The van der Waals surface area contributed by atoms with Crippen molar-refractivity contribution in [2.24, 2.45) is 0 Å². The van der Waals surface area contributed by atoms with Crippen LogP contribution in [0.4, 0.5) is 0 Å². The van der Waals surface area contributed by atoms with E-state index in [4.69, 9.17) is 14.2 Å². The molecule has 1 aliphatic heterocycles. The van der Waals surface area contributed by atoms with Gasteiger partial charge in [-0.3, -0.25) is 4.98 Å². The number of hydrogen-bond acceptors (Lipinski definition) is 8. The predicted octanol–water partition coefficient (Wildman–Crippen LogP) is 1.77. The minimum absolute atomic E-state index is 0.363. The van der Waals surface area contributed by atoms with Gasteiger partial charge in [-0.05, 0) is 31.0 Å². The zero-order valence-corrected chi connectivity index (χ0v) is 17.7. The lowest BCUT2D eigenvalue weighted by Crippen LogP contribution is -2.59. The van der Waals surface area contributed by atoms with E-state index in [2.05, 4.69) is 4.98 Å². The van der Waals surface area contributed by atoms with Crippen LogP contribution in [0, 0.1) is 0 Å². The van der Waals surface area contributed by atoms with E-state index in [0.29, 0.717) is 13.2 Å². The van der Waals surface area contributed by atoms with Gasteiger partial charge in [0.05, 0.1) is 18.7 Å². The molecule has 1 aromatic heterocycles. The van der Waals surface area contributed by atoms with Crippen LogP contribution in [-0.4, -0.2) is 75.9 Å². The summed E-state index contributed by atoms with van der Waals surface area (Å²) in [6.07, 6.45) is 1.80. The van der Waals surface area contributed by atoms with Crippen LogP contribution in [0.15, 0.2) is 36.5 Å². The Hall–Kier alpha value is -1.81.